The summed E-state index contributed by atoms with van der Waals surface area (Å²) in [7, 11) is 1.87. The summed E-state index contributed by atoms with van der Waals surface area (Å²) in [5.41, 5.74) is 0. The Balaban J connectivity index is 0.00000280. The average Bonchev–Trinajstić information content (AvgIpc) is 2.91. The number of hydrogen-bond donors (Lipinski definition) is 2. The van der Waals surface area contributed by atoms with E-state index in [0.717, 1.165) is 49.4 Å². The average molecular weight is 521 g/mol. The molecule has 0 aromatic carbocycles. The highest BCUT2D eigenvalue weighted by Crippen LogP contribution is 2.28. The van der Waals surface area contributed by atoms with E-state index in [9.17, 15) is 0 Å². The predicted octanol–water partition coefficient (Wildman–Crippen LogP) is 3.78. The fourth-order valence-electron chi connectivity index (χ4n) is 4.23. The molecule has 1 fully saturated rings. The van der Waals surface area contributed by atoms with Gasteiger partial charge >= 0.3 is 0 Å². The normalized spacial score (nSPS) is 22.7. The summed E-state index contributed by atoms with van der Waals surface area (Å²) >= 11 is 2.11. The fourth-order valence-corrected chi connectivity index (χ4v) is 5.41. The second-order valence-electron chi connectivity index (χ2n) is 7.68. The van der Waals surface area contributed by atoms with Crippen molar-refractivity contribution in [3.8, 4) is 0 Å². The van der Waals surface area contributed by atoms with Gasteiger partial charge in [-0.15, -0.1) is 34.2 Å². The molecule has 2 heterocycles. The summed E-state index contributed by atoms with van der Waals surface area (Å²) < 4.78 is 2.35. The van der Waals surface area contributed by atoms with Crippen LogP contribution in [0.1, 0.15) is 69.9 Å². The van der Waals surface area contributed by atoms with Crippen molar-refractivity contribution >= 4 is 41.7 Å². The van der Waals surface area contributed by atoms with E-state index in [4.69, 9.17) is 0 Å². The topological polar surface area (TPSA) is 67.1 Å². The van der Waals surface area contributed by atoms with Crippen LogP contribution >= 0.6 is 35.7 Å². The Labute approximate surface area is 191 Å². The SMILES string of the molecule is CCSC1CCCC(NC(=NC)NCCCc2nnc3n2CCCCC3)C1.I. The molecule has 1 aliphatic heterocycles. The first-order valence-corrected chi connectivity index (χ1v) is 11.8. The van der Waals surface area contributed by atoms with Crippen molar-refractivity contribution in [2.24, 2.45) is 4.99 Å². The maximum Gasteiger partial charge on any atom is 0.191 e. The van der Waals surface area contributed by atoms with Crippen molar-refractivity contribution in [1.29, 1.82) is 0 Å². The van der Waals surface area contributed by atoms with E-state index in [-0.39, 0.29) is 24.0 Å². The van der Waals surface area contributed by atoms with Gasteiger partial charge in [0.25, 0.3) is 0 Å². The Bertz CT molecular complexity index is 604. The van der Waals surface area contributed by atoms with Crippen LogP contribution in [-0.2, 0) is 19.4 Å². The van der Waals surface area contributed by atoms with Crippen molar-refractivity contribution in [1.82, 2.24) is 25.4 Å². The van der Waals surface area contributed by atoms with E-state index in [2.05, 4.69) is 49.1 Å². The molecule has 2 atom stereocenters. The minimum Gasteiger partial charge on any atom is -0.356 e. The van der Waals surface area contributed by atoms with Crippen molar-refractivity contribution < 1.29 is 0 Å². The van der Waals surface area contributed by atoms with Gasteiger partial charge in [0, 0.05) is 44.3 Å². The summed E-state index contributed by atoms with van der Waals surface area (Å²) in [6.07, 6.45) is 12.1. The predicted molar refractivity (Wildman–Crippen MR) is 130 cm³/mol. The monoisotopic (exact) mass is 520 g/mol. The molecule has 2 aliphatic rings. The molecule has 2 unspecified atom stereocenters. The Morgan fingerprint density at radius 3 is 2.93 bits per heavy atom. The maximum absolute atomic E-state index is 4.43. The first-order valence-electron chi connectivity index (χ1n) is 10.8. The first-order chi connectivity index (χ1) is 13.3. The molecule has 0 amide bonds. The number of aryl methyl sites for hydroxylation is 2. The number of hydrogen-bond acceptors (Lipinski definition) is 4. The number of guanidine groups is 1. The number of aliphatic imine (C=N–C) groups is 1. The summed E-state index contributed by atoms with van der Waals surface area (Å²) in [6, 6.07) is 0.557. The standard InChI is InChI=1S/C20H36N6S.HI/c1-3-27-17-10-7-9-16(15-17)23-20(21-2)22-13-8-12-19-25-24-18-11-5-4-6-14-26(18)19;/h16-17H,3-15H2,1-2H3,(H2,21,22,23);1H. The molecular weight excluding hydrogens is 483 g/mol. The smallest absolute Gasteiger partial charge is 0.191 e. The van der Waals surface area contributed by atoms with E-state index < -0.39 is 0 Å². The molecular formula is C20H37IN6S. The van der Waals surface area contributed by atoms with Crippen LogP contribution in [0, 0.1) is 0 Å². The van der Waals surface area contributed by atoms with Crippen LogP contribution in [0.3, 0.4) is 0 Å². The molecule has 1 aromatic rings. The number of aromatic nitrogens is 3. The number of fused-ring (bicyclic) bond motifs is 1. The zero-order valence-electron chi connectivity index (χ0n) is 17.5. The lowest BCUT2D eigenvalue weighted by Crippen LogP contribution is -2.46. The highest BCUT2D eigenvalue weighted by molar-refractivity contribution is 14.0. The molecule has 3 rings (SSSR count). The van der Waals surface area contributed by atoms with Gasteiger partial charge < -0.3 is 15.2 Å². The lowest BCUT2D eigenvalue weighted by atomic mass is 9.95. The van der Waals surface area contributed by atoms with Gasteiger partial charge in [0.2, 0.25) is 0 Å². The maximum atomic E-state index is 4.43. The minimum atomic E-state index is 0. The van der Waals surface area contributed by atoms with Crippen LogP contribution in [-0.4, -0.2) is 51.4 Å². The number of nitrogens with one attached hydrogen (secondary N) is 2. The quantitative estimate of drug-likeness (QED) is 0.248. The van der Waals surface area contributed by atoms with E-state index in [1.54, 1.807) is 0 Å². The van der Waals surface area contributed by atoms with Crippen LogP contribution in [0.2, 0.25) is 0 Å². The van der Waals surface area contributed by atoms with Gasteiger partial charge in [0.15, 0.2) is 5.96 Å². The third-order valence-electron chi connectivity index (χ3n) is 5.65. The number of halogens is 1. The third kappa shape index (κ3) is 7.07. The molecule has 1 aromatic heterocycles. The number of thioether (sulfide) groups is 1. The van der Waals surface area contributed by atoms with Crippen LogP contribution in [0.5, 0.6) is 0 Å². The van der Waals surface area contributed by atoms with Gasteiger partial charge in [0.1, 0.15) is 11.6 Å². The highest BCUT2D eigenvalue weighted by atomic mass is 127. The largest absolute Gasteiger partial charge is 0.356 e. The van der Waals surface area contributed by atoms with Crippen molar-refractivity contribution in [3.63, 3.8) is 0 Å². The molecule has 0 spiro atoms. The van der Waals surface area contributed by atoms with Crippen molar-refractivity contribution in [2.75, 3.05) is 19.3 Å². The molecule has 6 nitrogen and oxygen atoms in total. The van der Waals surface area contributed by atoms with Gasteiger partial charge in [0.05, 0.1) is 0 Å². The molecule has 0 radical (unpaired) electrons. The lowest BCUT2D eigenvalue weighted by molar-refractivity contribution is 0.418. The Kier molecular flexibility index (Phi) is 11.0. The van der Waals surface area contributed by atoms with Crippen LogP contribution in [0.4, 0.5) is 0 Å². The molecule has 160 valence electrons. The summed E-state index contributed by atoms with van der Waals surface area (Å²) in [6.45, 7) is 4.27. The zero-order chi connectivity index (χ0) is 18.9. The number of rotatable bonds is 7. The molecule has 0 saturated heterocycles. The summed E-state index contributed by atoms with van der Waals surface area (Å²) in [5.74, 6) is 4.51. The fraction of sp³-hybridized carbons (Fsp3) is 0.850. The lowest BCUT2D eigenvalue weighted by Gasteiger charge is -2.30. The Morgan fingerprint density at radius 1 is 1.21 bits per heavy atom. The number of nitrogens with zero attached hydrogens (tertiary/aromatic N) is 4. The van der Waals surface area contributed by atoms with Crippen LogP contribution < -0.4 is 10.6 Å². The third-order valence-corrected chi connectivity index (χ3v) is 6.88. The van der Waals surface area contributed by atoms with Gasteiger partial charge in [-0.2, -0.15) is 11.8 Å². The van der Waals surface area contributed by atoms with E-state index in [1.807, 2.05) is 7.05 Å². The summed E-state index contributed by atoms with van der Waals surface area (Å²) in [5, 5.41) is 16.8. The van der Waals surface area contributed by atoms with Gasteiger partial charge in [-0.1, -0.05) is 19.8 Å². The highest BCUT2D eigenvalue weighted by Gasteiger charge is 2.22. The zero-order valence-corrected chi connectivity index (χ0v) is 20.6. The van der Waals surface area contributed by atoms with E-state index in [0.29, 0.717) is 6.04 Å². The van der Waals surface area contributed by atoms with Crippen LogP contribution in [0.25, 0.3) is 0 Å². The molecule has 2 N–H and O–H groups in total. The molecule has 0 bridgehead atoms. The van der Waals surface area contributed by atoms with Crippen molar-refractivity contribution in [2.45, 2.75) is 89.0 Å². The minimum absolute atomic E-state index is 0. The second-order valence-corrected chi connectivity index (χ2v) is 9.26. The molecule has 28 heavy (non-hydrogen) atoms. The molecule has 1 aliphatic carbocycles. The molecule has 8 heteroatoms. The summed E-state index contributed by atoms with van der Waals surface area (Å²) in [4.78, 5) is 4.42. The van der Waals surface area contributed by atoms with Crippen molar-refractivity contribution in [3.05, 3.63) is 11.6 Å². The Hall–Kier alpha value is -0.510. The second kappa shape index (κ2) is 12.9. The van der Waals surface area contributed by atoms with Crippen LogP contribution in [0.15, 0.2) is 4.99 Å². The van der Waals surface area contributed by atoms with Gasteiger partial charge in [-0.25, -0.2) is 0 Å². The van der Waals surface area contributed by atoms with Gasteiger partial charge in [-0.3, -0.25) is 4.99 Å². The van der Waals surface area contributed by atoms with E-state index in [1.165, 1.54) is 56.5 Å². The van der Waals surface area contributed by atoms with Gasteiger partial charge in [-0.05, 0) is 44.3 Å². The first kappa shape index (κ1) is 23.8. The molecule has 1 saturated carbocycles. The Morgan fingerprint density at radius 2 is 2.11 bits per heavy atom. The van der Waals surface area contributed by atoms with E-state index >= 15 is 0 Å².